The Balaban J connectivity index is 2.08. The van der Waals surface area contributed by atoms with Crippen LogP contribution in [-0.2, 0) is 13.2 Å². The molecule has 102 valence electrons. The molecule has 0 aliphatic carbocycles. The predicted molar refractivity (Wildman–Crippen MR) is 72.2 cm³/mol. The highest BCUT2D eigenvalue weighted by Gasteiger charge is 2.09. The maximum Gasteiger partial charge on any atom is 0.145 e. The first-order valence-electron chi connectivity index (χ1n) is 6.10. The molecule has 19 heavy (non-hydrogen) atoms. The fourth-order valence-electron chi connectivity index (χ4n) is 1.61. The number of aromatic nitrogens is 2. The molecule has 0 atom stereocenters. The van der Waals surface area contributed by atoms with Crippen LogP contribution in [0.5, 0.6) is 5.75 Å². The monoisotopic (exact) mass is 281 g/mol. The third-order valence-electron chi connectivity index (χ3n) is 2.70. The largest absolute Gasteiger partial charge is 0.487 e. The Kier molecular flexibility index (Phi) is 4.76. The zero-order valence-electron chi connectivity index (χ0n) is 10.9. The summed E-state index contributed by atoms with van der Waals surface area (Å²) >= 11 is 6.00. The quantitative estimate of drug-likeness (QED) is 0.882. The summed E-state index contributed by atoms with van der Waals surface area (Å²) in [5.74, 6) is 0.785. The normalized spacial score (nSPS) is 10.7. The molecule has 0 saturated carbocycles. The van der Waals surface area contributed by atoms with Crippen molar-refractivity contribution in [3.8, 4) is 5.75 Å². The summed E-state index contributed by atoms with van der Waals surface area (Å²) in [6.45, 7) is 5.81. The summed E-state index contributed by atoms with van der Waals surface area (Å²) in [6.07, 6.45) is 0. The second-order valence-corrected chi connectivity index (χ2v) is 4.55. The van der Waals surface area contributed by atoms with Crippen LogP contribution < -0.4 is 10.1 Å². The molecule has 0 unspecified atom stereocenters. The lowest BCUT2D eigenvalue weighted by Gasteiger charge is -2.11. The molecule has 1 aromatic carbocycles. The summed E-state index contributed by atoms with van der Waals surface area (Å²) in [6, 6.07) is 5.56. The number of ether oxygens (including phenoxy) is 1. The maximum atomic E-state index is 6.00. The van der Waals surface area contributed by atoms with E-state index in [-0.39, 0.29) is 0 Å². The minimum Gasteiger partial charge on any atom is -0.487 e. The van der Waals surface area contributed by atoms with Crippen LogP contribution in [0, 0.1) is 6.92 Å². The van der Waals surface area contributed by atoms with Crippen molar-refractivity contribution < 1.29 is 9.37 Å². The van der Waals surface area contributed by atoms with Gasteiger partial charge in [-0.05, 0) is 31.7 Å². The highest BCUT2D eigenvalue weighted by molar-refractivity contribution is 6.30. The first-order chi connectivity index (χ1) is 9.20. The minimum absolute atomic E-state index is 0.329. The van der Waals surface area contributed by atoms with Gasteiger partial charge in [0.2, 0.25) is 0 Å². The van der Waals surface area contributed by atoms with Gasteiger partial charge in [-0.25, -0.2) is 4.63 Å². The Morgan fingerprint density at radius 1 is 1.37 bits per heavy atom. The molecule has 1 heterocycles. The van der Waals surface area contributed by atoms with Crippen LogP contribution in [0.2, 0.25) is 5.02 Å². The molecule has 0 aliphatic heterocycles. The first kappa shape index (κ1) is 13.8. The topological polar surface area (TPSA) is 60.2 Å². The van der Waals surface area contributed by atoms with Gasteiger partial charge < -0.3 is 10.1 Å². The molecular formula is C13H16ClN3O2. The van der Waals surface area contributed by atoms with E-state index in [9.17, 15) is 0 Å². The summed E-state index contributed by atoms with van der Waals surface area (Å²) in [5, 5.41) is 11.4. The van der Waals surface area contributed by atoms with Gasteiger partial charge in [-0.1, -0.05) is 28.8 Å². The molecule has 0 bridgehead atoms. The molecule has 0 saturated heterocycles. The Morgan fingerprint density at radius 2 is 2.21 bits per heavy atom. The van der Waals surface area contributed by atoms with E-state index in [0.717, 1.165) is 23.6 Å². The number of halogens is 1. The van der Waals surface area contributed by atoms with Gasteiger partial charge in [-0.15, -0.1) is 0 Å². The van der Waals surface area contributed by atoms with Crippen LogP contribution in [0.3, 0.4) is 0 Å². The van der Waals surface area contributed by atoms with E-state index in [1.54, 1.807) is 6.07 Å². The molecule has 0 fully saturated rings. The van der Waals surface area contributed by atoms with E-state index in [2.05, 4.69) is 27.2 Å². The van der Waals surface area contributed by atoms with Gasteiger partial charge in [-0.3, -0.25) is 0 Å². The number of rotatable bonds is 6. The van der Waals surface area contributed by atoms with Gasteiger partial charge in [-0.2, -0.15) is 0 Å². The average molecular weight is 282 g/mol. The Morgan fingerprint density at radius 3 is 2.89 bits per heavy atom. The van der Waals surface area contributed by atoms with Crippen molar-refractivity contribution in [2.75, 3.05) is 6.54 Å². The van der Waals surface area contributed by atoms with Gasteiger partial charge in [0.25, 0.3) is 0 Å². The second kappa shape index (κ2) is 6.54. The molecule has 0 amide bonds. The number of hydrogen-bond acceptors (Lipinski definition) is 5. The van der Waals surface area contributed by atoms with Crippen LogP contribution >= 0.6 is 11.6 Å². The average Bonchev–Trinajstić information content (AvgIpc) is 2.81. The molecule has 2 aromatic rings. The van der Waals surface area contributed by atoms with E-state index < -0.39 is 0 Å². The van der Waals surface area contributed by atoms with Crippen LogP contribution in [0.4, 0.5) is 0 Å². The molecule has 0 radical (unpaired) electrons. The predicted octanol–water partition coefficient (Wildman–Crippen LogP) is 2.72. The number of nitrogens with zero attached hydrogens (tertiary/aromatic N) is 2. The van der Waals surface area contributed by atoms with Crippen molar-refractivity contribution in [2.24, 2.45) is 0 Å². The Labute approximate surface area is 116 Å². The van der Waals surface area contributed by atoms with Crippen LogP contribution in [0.15, 0.2) is 22.8 Å². The van der Waals surface area contributed by atoms with E-state index in [4.69, 9.17) is 16.3 Å². The highest BCUT2D eigenvalue weighted by Crippen LogP contribution is 2.23. The summed E-state index contributed by atoms with van der Waals surface area (Å²) in [5.41, 5.74) is 2.45. The Bertz CT molecular complexity index is 542. The number of benzene rings is 1. The molecule has 6 heteroatoms. The lowest BCUT2D eigenvalue weighted by atomic mass is 10.2. The zero-order chi connectivity index (χ0) is 13.7. The van der Waals surface area contributed by atoms with Gasteiger partial charge >= 0.3 is 0 Å². The smallest absolute Gasteiger partial charge is 0.145 e. The number of hydrogen-bond donors (Lipinski definition) is 1. The Hall–Kier alpha value is -1.59. The molecule has 0 aliphatic rings. The second-order valence-electron chi connectivity index (χ2n) is 4.12. The molecule has 5 nitrogen and oxygen atoms in total. The van der Waals surface area contributed by atoms with Gasteiger partial charge in [0.15, 0.2) is 0 Å². The van der Waals surface area contributed by atoms with Gasteiger partial charge in [0, 0.05) is 17.1 Å². The molecular weight excluding hydrogens is 266 g/mol. The van der Waals surface area contributed by atoms with Crippen LogP contribution in [-0.4, -0.2) is 16.9 Å². The summed E-state index contributed by atoms with van der Waals surface area (Å²) in [4.78, 5) is 0. The highest BCUT2D eigenvalue weighted by atomic mass is 35.5. The molecule has 1 aromatic heterocycles. The SMILES string of the molecule is CCNCc1cc(Cl)ccc1OCc1nonc1C. The van der Waals surface area contributed by atoms with Crippen molar-refractivity contribution in [3.63, 3.8) is 0 Å². The molecule has 0 spiro atoms. The van der Waals surface area contributed by atoms with Crippen molar-refractivity contribution in [1.29, 1.82) is 0 Å². The van der Waals surface area contributed by atoms with Crippen molar-refractivity contribution in [1.82, 2.24) is 15.6 Å². The van der Waals surface area contributed by atoms with Crippen molar-refractivity contribution in [3.05, 3.63) is 40.2 Å². The van der Waals surface area contributed by atoms with Crippen LogP contribution in [0.1, 0.15) is 23.9 Å². The lowest BCUT2D eigenvalue weighted by molar-refractivity contribution is 0.268. The van der Waals surface area contributed by atoms with E-state index >= 15 is 0 Å². The molecule has 1 N–H and O–H groups in total. The lowest BCUT2D eigenvalue weighted by Crippen LogP contribution is -2.13. The fraction of sp³-hybridized carbons (Fsp3) is 0.385. The fourth-order valence-corrected chi connectivity index (χ4v) is 1.81. The van der Waals surface area contributed by atoms with Crippen molar-refractivity contribution in [2.45, 2.75) is 27.0 Å². The van der Waals surface area contributed by atoms with Crippen molar-refractivity contribution >= 4 is 11.6 Å². The summed E-state index contributed by atoms with van der Waals surface area (Å²) < 4.78 is 10.4. The maximum absolute atomic E-state index is 6.00. The standard InChI is InChI=1S/C13H16ClN3O2/c1-3-15-7-10-6-11(14)4-5-13(10)18-8-12-9(2)16-19-17-12/h4-6,15H,3,7-8H2,1-2H3. The van der Waals surface area contributed by atoms with Crippen LogP contribution in [0.25, 0.3) is 0 Å². The summed E-state index contributed by atoms with van der Waals surface area (Å²) in [7, 11) is 0. The third-order valence-corrected chi connectivity index (χ3v) is 2.93. The van der Waals surface area contributed by atoms with E-state index in [0.29, 0.717) is 23.9 Å². The van der Waals surface area contributed by atoms with E-state index in [1.165, 1.54) is 0 Å². The van der Waals surface area contributed by atoms with Gasteiger partial charge in [0.05, 0.1) is 0 Å². The van der Waals surface area contributed by atoms with Gasteiger partial charge in [0.1, 0.15) is 23.7 Å². The van der Waals surface area contributed by atoms with E-state index in [1.807, 2.05) is 19.1 Å². The number of nitrogens with one attached hydrogen (secondary N) is 1. The minimum atomic E-state index is 0.329. The number of aryl methyl sites for hydroxylation is 1. The first-order valence-corrected chi connectivity index (χ1v) is 6.48. The zero-order valence-corrected chi connectivity index (χ0v) is 11.7. The third kappa shape index (κ3) is 3.68. The molecule has 2 rings (SSSR count).